The Morgan fingerprint density at radius 3 is 1.97 bits per heavy atom. The van der Waals surface area contributed by atoms with E-state index in [1.807, 2.05) is 18.2 Å². The van der Waals surface area contributed by atoms with Gasteiger partial charge in [-0.05, 0) is 33.6 Å². The molecule has 29 heavy (non-hydrogen) atoms. The Balaban J connectivity index is 1.93. The van der Waals surface area contributed by atoms with Gasteiger partial charge in [-0.15, -0.1) is 0 Å². The molecule has 0 fully saturated rings. The van der Waals surface area contributed by atoms with E-state index >= 15 is 0 Å². The first-order valence-corrected chi connectivity index (χ1v) is 9.97. The van der Waals surface area contributed by atoms with E-state index in [1.165, 1.54) is 0 Å². The summed E-state index contributed by atoms with van der Waals surface area (Å²) in [6, 6.07) is 7.71. The number of rotatable bonds is 1. The average molecular weight is 396 g/mol. The summed E-state index contributed by atoms with van der Waals surface area (Å²) in [6.07, 6.45) is 0.241. The zero-order valence-electron chi connectivity index (χ0n) is 17.9. The predicted octanol–water partition coefficient (Wildman–Crippen LogP) is 5.16. The van der Waals surface area contributed by atoms with Crippen molar-refractivity contribution in [2.24, 2.45) is 0 Å². The van der Waals surface area contributed by atoms with E-state index in [0.717, 1.165) is 22.3 Å². The van der Waals surface area contributed by atoms with Crippen LogP contribution in [0.3, 0.4) is 0 Å². The minimum absolute atomic E-state index is 0.165. The molecule has 5 heteroatoms. The zero-order valence-corrected chi connectivity index (χ0v) is 17.9. The lowest BCUT2D eigenvalue weighted by Crippen LogP contribution is -2.23. The summed E-state index contributed by atoms with van der Waals surface area (Å²) >= 11 is 0. The molecule has 0 saturated heterocycles. The Labute approximate surface area is 171 Å². The third-order valence-electron chi connectivity index (χ3n) is 5.63. The number of esters is 1. The van der Waals surface area contributed by atoms with Gasteiger partial charge in [0, 0.05) is 17.5 Å². The Morgan fingerprint density at radius 1 is 0.862 bits per heavy atom. The first kappa shape index (κ1) is 19.6. The van der Waals surface area contributed by atoms with E-state index in [1.54, 1.807) is 6.07 Å². The van der Waals surface area contributed by atoms with Crippen LogP contribution in [0.25, 0.3) is 0 Å². The van der Waals surface area contributed by atoms with E-state index in [2.05, 4.69) is 41.5 Å². The average Bonchev–Trinajstić information content (AvgIpc) is 3.04. The monoisotopic (exact) mass is 396 g/mol. The first-order chi connectivity index (χ1) is 13.4. The zero-order chi connectivity index (χ0) is 21.1. The van der Waals surface area contributed by atoms with Crippen molar-refractivity contribution in [3.8, 4) is 23.0 Å². The molecule has 0 aromatic heterocycles. The van der Waals surface area contributed by atoms with Crippen LogP contribution in [0.1, 0.15) is 76.1 Å². The number of aromatic hydroxyl groups is 1. The molecule has 1 N–H and O–H groups in total. The van der Waals surface area contributed by atoms with Crippen LogP contribution in [0, 0.1) is 0 Å². The Kier molecular flexibility index (Phi) is 4.34. The third kappa shape index (κ3) is 3.43. The molecule has 1 atom stereocenters. The fraction of sp³-hybridized carbons (Fsp3) is 0.458. The van der Waals surface area contributed by atoms with Gasteiger partial charge in [0.2, 0.25) is 6.79 Å². The van der Waals surface area contributed by atoms with E-state index in [9.17, 15) is 9.90 Å². The van der Waals surface area contributed by atoms with Gasteiger partial charge < -0.3 is 19.3 Å². The highest BCUT2D eigenvalue weighted by Crippen LogP contribution is 2.48. The molecule has 154 valence electrons. The summed E-state index contributed by atoms with van der Waals surface area (Å²) in [5.74, 6) is 1.65. The molecule has 0 unspecified atom stereocenters. The van der Waals surface area contributed by atoms with Gasteiger partial charge in [0.25, 0.3) is 0 Å². The maximum absolute atomic E-state index is 12.4. The molecule has 2 aliphatic heterocycles. The molecule has 2 aromatic rings. The Bertz CT molecular complexity index is 957. The van der Waals surface area contributed by atoms with Crippen molar-refractivity contribution in [1.82, 2.24) is 0 Å². The second-order valence-electron chi connectivity index (χ2n) is 9.94. The Morgan fingerprint density at radius 2 is 1.41 bits per heavy atom. The molecule has 4 rings (SSSR count). The summed E-state index contributed by atoms with van der Waals surface area (Å²) < 4.78 is 16.5. The number of benzene rings is 2. The fourth-order valence-electron chi connectivity index (χ4n) is 4.04. The highest BCUT2D eigenvalue weighted by Gasteiger charge is 2.34. The first-order valence-electron chi connectivity index (χ1n) is 9.97. The van der Waals surface area contributed by atoms with E-state index in [0.29, 0.717) is 23.0 Å². The molecule has 0 spiro atoms. The summed E-state index contributed by atoms with van der Waals surface area (Å²) in [4.78, 5) is 12.4. The normalized spacial score (nSPS) is 18.4. The molecule has 0 aliphatic carbocycles. The van der Waals surface area contributed by atoms with Crippen LogP contribution in [-0.2, 0) is 15.6 Å². The van der Waals surface area contributed by atoms with Crippen molar-refractivity contribution in [2.75, 3.05) is 6.79 Å². The summed E-state index contributed by atoms with van der Waals surface area (Å²) in [7, 11) is 0. The van der Waals surface area contributed by atoms with Crippen molar-refractivity contribution >= 4 is 5.97 Å². The van der Waals surface area contributed by atoms with Crippen LogP contribution < -0.4 is 14.2 Å². The molecule has 0 amide bonds. The minimum Gasteiger partial charge on any atom is -0.507 e. The van der Waals surface area contributed by atoms with Crippen molar-refractivity contribution in [3.05, 3.63) is 46.5 Å². The summed E-state index contributed by atoms with van der Waals surface area (Å²) in [5.41, 5.74) is 3.16. The van der Waals surface area contributed by atoms with Crippen LogP contribution in [-0.4, -0.2) is 17.9 Å². The van der Waals surface area contributed by atoms with E-state index < -0.39 is 0 Å². The van der Waals surface area contributed by atoms with Gasteiger partial charge in [-0.1, -0.05) is 53.7 Å². The van der Waals surface area contributed by atoms with Crippen molar-refractivity contribution < 1.29 is 24.1 Å². The van der Waals surface area contributed by atoms with Crippen LogP contribution in [0.15, 0.2) is 24.3 Å². The quantitative estimate of drug-likeness (QED) is 0.533. The van der Waals surface area contributed by atoms with Gasteiger partial charge in [-0.25, -0.2) is 0 Å². The number of carbonyl (C=O) groups excluding carboxylic acids is 1. The number of fused-ring (bicyclic) bond motifs is 2. The summed E-state index contributed by atoms with van der Waals surface area (Å²) in [6.45, 7) is 12.7. The van der Waals surface area contributed by atoms with Gasteiger partial charge in [-0.2, -0.15) is 0 Å². The molecule has 2 heterocycles. The van der Waals surface area contributed by atoms with Crippen LogP contribution in [0.5, 0.6) is 23.0 Å². The van der Waals surface area contributed by atoms with Gasteiger partial charge in [0.05, 0.1) is 6.42 Å². The van der Waals surface area contributed by atoms with Crippen molar-refractivity contribution in [1.29, 1.82) is 0 Å². The summed E-state index contributed by atoms with van der Waals surface area (Å²) in [5, 5.41) is 11.0. The van der Waals surface area contributed by atoms with Crippen LogP contribution >= 0.6 is 0 Å². The maximum atomic E-state index is 12.4. The lowest BCUT2D eigenvalue weighted by Gasteiger charge is -2.31. The largest absolute Gasteiger partial charge is 0.507 e. The molecule has 0 radical (unpaired) electrons. The van der Waals surface area contributed by atoms with Gasteiger partial charge in [0.1, 0.15) is 11.5 Å². The predicted molar refractivity (Wildman–Crippen MR) is 110 cm³/mol. The lowest BCUT2D eigenvalue weighted by molar-refractivity contribution is -0.135. The number of ether oxygens (including phenoxy) is 3. The standard InChI is InChI=1S/C24H28O5/c1-23(2,3)16-7-13(8-17(22(16)26)24(4,5)6)14-10-21(25)29-18-11-20-19(9-15(14)18)27-12-28-20/h7-9,11,14,26H,10,12H2,1-6H3/t14-/m1/s1. The Hall–Kier alpha value is -2.69. The molecular weight excluding hydrogens is 368 g/mol. The molecular formula is C24H28O5. The van der Waals surface area contributed by atoms with Gasteiger partial charge >= 0.3 is 5.97 Å². The minimum atomic E-state index is -0.274. The second-order valence-corrected chi connectivity index (χ2v) is 9.94. The molecule has 0 bridgehead atoms. The second kappa shape index (κ2) is 6.41. The SMILES string of the molecule is CC(C)(C)c1cc([C@H]2CC(=O)Oc3cc4c(cc32)OCO4)cc(C(C)(C)C)c1O. The van der Waals surface area contributed by atoms with E-state index in [-0.39, 0.29) is 35.9 Å². The third-order valence-corrected chi connectivity index (χ3v) is 5.63. The fourth-order valence-corrected chi connectivity index (χ4v) is 4.04. The molecule has 2 aliphatic rings. The lowest BCUT2D eigenvalue weighted by atomic mass is 9.75. The number of phenolic OH excluding ortho intramolecular Hbond substituents is 1. The van der Waals surface area contributed by atoms with Crippen molar-refractivity contribution in [2.45, 2.75) is 64.7 Å². The van der Waals surface area contributed by atoms with E-state index in [4.69, 9.17) is 14.2 Å². The van der Waals surface area contributed by atoms with Crippen LogP contribution in [0.4, 0.5) is 0 Å². The maximum Gasteiger partial charge on any atom is 0.312 e. The molecule has 2 aromatic carbocycles. The van der Waals surface area contributed by atoms with Gasteiger partial charge in [-0.3, -0.25) is 4.79 Å². The van der Waals surface area contributed by atoms with Crippen molar-refractivity contribution in [3.63, 3.8) is 0 Å². The molecule has 0 saturated carbocycles. The number of hydrogen-bond acceptors (Lipinski definition) is 5. The van der Waals surface area contributed by atoms with Gasteiger partial charge in [0.15, 0.2) is 11.5 Å². The topological polar surface area (TPSA) is 65.0 Å². The molecule has 5 nitrogen and oxygen atoms in total. The smallest absolute Gasteiger partial charge is 0.312 e. The number of hydrogen-bond donors (Lipinski definition) is 1. The van der Waals surface area contributed by atoms with Crippen LogP contribution in [0.2, 0.25) is 0 Å². The number of carbonyl (C=O) groups is 1. The highest BCUT2D eigenvalue weighted by atomic mass is 16.7. The highest BCUT2D eigenvalue weighted by molar-refractivity contribution is 5.78. The number of phenols is 1.